The molecule has 0 aliphatic carbocycles. The van der Waals surface area contributed by atoms with Crippen molar-refractivity contribution >= 4 is 11.7 Å². The molecule has 0 atom stereocenters. The van der Waals surface area contributed by atoms with E-state index in [-0.39, 0.29) is 0 Å². The number of nitrogen functional groups attached to an aromatic ring is 1. The minimum Gasteiger partial charge on any atom is -0.455 e. The smallest absolute Gasteiger partial charge is 0.355 e. The SMILES string of the molecule is Cn1c(C(=O)OC(C)(C)C)cc(N)c1-c1ccccn1. The first-order valence-electron chi connectivity index (χ1n) is 6.39. The van der Waals surface area contributed by atoms with Crippen molar-refractivity contribution in [3.63, 3.8) is 0 Å². The van der Waals surface area contributed by atoms with E-state index in [0.717, 1.165) is 5.69 Å². The number of ether oxygens (including phenoxy) is 1. The van der Waals surface area contributed by atoms with Crippen LogP contribution in [0.3, 0.4) is 0 Å². The summed E-state index contributed by atoms with van der Waals surface area (Å²) in [5.74, 6) is -0.395. The van der Waals surface area contributed by atoms with Gasteiger partial charge in [-0.3, -0.25) is 4.98 Å². The Kier molecular flexibility index (Phi) is 3.53. The number of pyridine rings is 1. The Bertz CT molecular complexity index is 625. The Morgan fingerprint density at radius 2 is 2.05 bits per heavy atom. The van der Waals surface area contributed by atoms with Crippen LogP contribution in [0.1, 0.15) is 31.3 Å². The van der Waals surface area contributed by atoms with Gasteiger partial charge in [0.05, 0.1) is 17.1 Å². The lowest BCUT2D eigenvalue weighted by Gasteiger charge is -2.19. The second-order valence-corrected chi connectivity index (χ2v) is 5.61. The molecule has 0 aliphatic rings. The summed E-state index contributed by atoms with van der Waals surface area (Å²) in [6, 6.07) is 7.18. The molecule has 0 saturated carbocycles. The molecule has 0 bridgehead atoms. The van der Waals surface area contributed by atoms with Crippen molar-refractivity contribution in [1.82, 2.24) is 9.55 Å². The van der Waals surface area contributed by atoms with Crippen LogP contribution >= 0.6 is 0 Å². The number of carbonyl (C=O) groups excluding carboxylic acids is 1. The lowest BCUT2D eigenvalue weighted by Crippen LogP contribution is -2.25. The van der Waals surface area contributed by atoms with Crippen LogP contribution in [-0.2, 0) is 11.8 Å². The average molecular weight is 273 g/mol. The van der Waals surface area contributed by atoms with Gasteiger partial charge in [0, 0.05) is 13.2 Å². The van der Waals surface area contributed by atoms with Crippen LogP contribution in [0.4, 0.5) is 5.69 Å². The van der Waals surface area contributed by atoms with Gasteiger partial charge >= 0.3 is 5.97 Å². The van der Waals surface area contributed by atoms with E-state index in [9.17, 15) is 4.79 Å². The van der Waals surface area contributed by atoms with Crippen molar-refractivity contribution in [3.8, 4) is 11.4 Å². The molecule has 0 aliphatic heterocycles. The van der Waals surface area contributed by atoms with Crippen LogP contribution in [0.15, 0.2) is 30.5 Å². The maximum absolute atomic E-state index is 12.2. The molecule has 2 rings (SSSR count). The topological polar surface area (TPSA) is 70.1 Å². The Morgan fingerprint density at radius 1 is 1.35 bits per heavy atom. The van der Waals surface area contributed by atoms with Gasteiger partial charge in [0.15, 0.2) is 0 Å². The third kappa shape index (κ3) is 2.82. The fraction of sp³-hybridized carbons (Fsp3) is 0.333. The highest BCUT2D eigenvalue weighted by Crippen LogP contribution is 2.28. The van der Waals surface area contributed by atoms with Crippen LogP contribution in [0.25, 0.3) is 11.4 Å². The second kappa shape index (κ2) is 5.00. The summed E-state index contributed by atoms with van der Waals surface area (Å²) in [5, 5.41) is 0. The van der Waals surface area contributed by atoms with Crippen LogP contribution in [0.5, 0.6) is 0 Å². The zero-order valence-corrected chi connectivity index (χ0v) is 12.2. The molecule has 0 aromatic carbocycles. The van der Waals surface area contributed by atoms with Crippen LogP contribution < -0.4 is 5.73 Å². The number of esters is 1. The number of nitrogens with two attached hydrogens (primary N) is 1. The highest BCUT2D eigenvalue weighted by molar-refractivity contribution is 5.92. The molecule has 5 nitrogen and oxygen atoms in total. The third-order valence-electron chi connectivity index (χ3n) is 2.78. The standard InChI is InChI=1S/C15H19N3O2/c1-15(2,3)20-14(19)12-9-10(16)13(18(12)4)11-7-5-6-8-17-11/h5-9H,16H2,1-4H3. The summed E-state index contributed by atoms with van der Waals surface area (Å²) in [5.41, 5.74) is 7.83. The molecule has 2 aromatic rings. The summed E-state index contributed by atoms with van der Waals surface area (Å²) < 4.78 is 7.09. The zero-order chi connectivity index (χ0) is 14.9. The summed E-state index contributed by atoms with van der Waals surface area (Å²) in [6.07, 6.45) is 1.69. The second-order valence-electron chi connectivity index (χ2n) is 5.61. The fourth-order valence-electron chi connectivity index (χ4n) is 1.98. The van der Waals surface area contributed by atoms with E-state index in [4.69, 9.17) is 10.5 Å². The largest absolute Gasteiger partial charge is 0.455 e. The van der Waals surface area contributed by atoms with Gasteiger partial charge in [-0.15, -0.1) is 0 Å². The molecule has 0 radical (unpaired) electrons. The molecule has 0 unspecified atom stereocenters. The molecule has 0 saturated heterocycles. The van der Waals surface area contributed by atoms with E-state index in [1.165, 1.54) is 0 Å². The van der Waals surface area contributed by atoms with Gasteiger partial charge in [0.1, 0.15) is 11.3 Å². The maximum atomic E-state index is 12.2. The first-order valence-corrected chi connectivity index (χ1v) is 6.39. The number of hydrogen-bond acceptors (Lipinski definition) is 4. The highest BCUT2D eigenvalue weighted by atomic mass is 16.6. The van der Waals surface area contributed by atoms with Crippen molar-refractivity contribution in [2.75, 3.05) is 5.73 Å². The maximum Gasteiger partial charge on any atom is 0.355 e. The normalized spacial score (nSPS) is 11.4. The van der Waals surface area contributed by atoms with Gasteiger partial charge in [-0.1, -0.05) is 6.07 Å². The predicted molar refractivity (Wildman–Crippen MR) is 78.2 cm³/mol. The van der Waals surface area contributed by atoms with Gasteiger partial charge in [-0.05, 0) is 39.0 Å². The Hall–Kier alpha value is -2.30. The Labute approximate surface area is 118 Å². The lowest BCUT2D eigenvalue weighted by molar-refractivity contribution is 0.00592. The fourth-order valence-corrected chi connectivity index (χ4v) is 1.98. The average Bonchev–Trinajstić information content (AvgIpc) is 2.64. The van der Waals surface area contributed by atoms with E-state index in [1.54, 1.807) is 23.9 Å². The minimum absolute atomic E-state index is 0.395. The number of nitrogens with zero attached hydrogens (tertiary/aromatic N) is 2. The van der Waals surface area contributed by atoms with Crippen LogP contribution in [0.2, 0.25) is 0 Å². The summed E-state index contributed by atoms with van der Waals surface area (Å²) in [4.78, 5) is 16.4. The van der Waals surface area contributed by atoms with Gasteiger partial charge < -0.3 is 15.0 Å². The number of hydrogen-bond donors (Lipinski definition) is 1. The van der Waals surface area contributed by atoms with E-state index in [2.05, 4.69) is 4.98 Å². The first-order chi connectivity index (χ1) is 9.29. The molecule has 2 heterocycles. The molecule has 0 spiro atoms. The molecule has 5 heteroatoms. The van der Waals surface area contributed by atoms with E-state index in [1.807, 2.05) is 39.0 Å². The first kappa shape index (κ1) is 14.1. The summed E-state index contributed by atoms with van der Waals surface area (Å²) in [7, 11) is 1.78. The molecule has 106 valence electrons. The molecule has 2 aromatic heterocycles. The van der Waals surface area contributed by atoms with E-state index < -0.39 is 11.6 Å². The molecule has 0 amide bonds. The zero-order valence-electron chi connectivity index (χ0n) is 12.2. The van der Waals surface area contributed by atoms with Gasteiger partial charge in [0.2, 0.25) is 0 Å². The minimum atomic E-state index is -0.540. The number of anilines is 1. The van der Waals surface area contributed by atoms with Gasteiger partial charge in [0.25, 0.3) is 0 Å². The lowest BCUT2D eigenvalue weighted by atomic mass is 10.2. The monoisotopic (exact) mass is 273 g/mol. The Morgan fingerprint density at radius 3 is 2.60 bits per heavy atom. The summed E-state index contributed by atoms with van der Waals surface area (Å²) >= 11 is 0. The molecule has 0 fully saturated rings. The highest BCUT2D eigenvalue weighted by Gasteiger charge is 2.23. The molecule has 20 heavy (non-hydrogen) atoms. The number of carbonyl (C=O) groups is 1. The number of aromatic nitrogens is 2. The molecular weight excluding hydrogens is 254 g/mol. The predicted octanol–water partition coefficient (Wildman–Crippen LogP) is 2.62. The third-order valence-corrected chi connectivity index (χ3v) is 2.78. The van der Waals surface area contributed by atoms with E-state index >= 15 is 0 Å². The summed E-state index contributed by atoms with van der Waals surface area (Å²) in [6.45, 7) is 5.49. The van der Waals surface area contributed by atoms with Crippen molar-refractivity contribution in [3.05, 3.63) is 36.2 Å². The van der Waals surface area contributed by atoms with Crippen molar-refractivity contribution in [1.29, 1.82) is 0 Å². The Balaban J connectivity index is 2.42. The van der Waals surface area contributed by atoms with Crippen molar-refractivity contribution < 1.29 is 9.53 Å². The number of rotatable bonds is 2. The quantitative estimate of drug-likeness (QED) is 0.854. The van der Waals surface area contributed by atoms with Crippen LogP contribution in [-0.4, -0.2) is 21.1 Å². The van der Waals surface area contributed by atoms with Crippen LogP contribution in [0, 0.1) is 0 Å². The molecule has 2 N–H and O–H groups in total. The van der Waals surface area contributed by atoms with E-state index in [0.29, 0.717) is 17.1 Å². The van der Waals surface area contributed by atoms with Gasteiger partial charge in [-0.2, -0.15) is 0 Å². The molecular formula is C15H19N3O2. The van der Waals surface area contributed by atoms with Crippen molar-refractivity contribution in [2.24, 2.45) is 7.05 Å². The van der Waals surface area contributed by atoms with Gasteiger partial charge in [-0.25, -0.2) is 4.79 Å². The van der Waals surface area contributed by atoms with Crippen molar-refractivity contribution in [2.45, 2.75) is 26.4 Å².